The topological polar surface area (TPSA) is 21.3 Å². The first kappa shape index (κ1) is 10.2. The highest BCUT2D eigenvalue weighted by Crippen LogP contribution is 2.35. The van der Waals surface area contributed by atoms with Crippen LogP contribution in [-0.4, -0.2) is 19.7 Å². The van der Waals surface area contributed by atoms with Gasteiger partial charge in [0.15, 0.2) is 0 Å². The van der Waals surface area contributed by atoms with Crippen LogP contribution in [0, 0.1) is 11.7 Å². The van der Waals surface area contributed by atoms with Crippen LogP contribution in [0.3, 0.4) is 0 Å². The van der Waals surface area contributed by atoms with Gasteiger partial charge in [0, 0.05) is 12.5 Å². The van der Waals surface area contributed by atoms with E-state index >= 15 is 0 Å². The normalized spacial score (nSPS) is 29.1. The van der Waals surface area contributed by atoms with Crippen molar-refractivity contribution in [1.29, 1.82) is 0 Å². The third kappa shape index (κ3) is 1.74. The average molecular weight is 221 g/mol. The fourth-order valence-electron chi connectivity index (χ4n) is 2.78. The molecule has 0 spiro atoms. The summed E-state index contributed by atoms with van der Waals surface area (Å²) in [6.45, 7) is 2.81. The Kier molecular flexibility index (Phi) is 2.65. The number of rotatable bonds is 1. The summed E-state index contributed by atoms with van der Waals surface area (Å²) in [7, 11) is 0. The van der Waals surface area contributed by atoms with Crippen molar-refractivity contribution in [3.8, 4) is 0 Å². The van der Waals surface area contributed by atoms with Crippen molar-refractivity contribution < 1.29 is 9.13 Å². The third-order valence-corrected chi connectivity index (χ3v) is 3.61. The Morgan fingerprint density at radius 3 is 3.12 bits per heavy atom. The van der Waals surface area contributed by atoms with E-state index in [1.807, 2.05) is 6.07 Å². The van der Waals surface area contributed by atoms with Gasteiger partial charge in [-0.3, -0.25) is 0 Å². The van der Waals surface area contributed by atoms with Crippen LogP contribution in [0.25, 0.3) is 0 Å². The van der Waals surface area contributed by atoms with Crippen LogP contribution < -0.4 is 5.32 Å². The molecular formula is C13H16FNO. The summed E-state index contributed by atoms with van der Waals surface area (Å²) in [5.41, 5.74) is 2.32. The number of halogens is 1. The van der Waals surface area contributed by atoms with Gasteiger partial charge in [0.05, 0.1) is 12.7 Å². The summed E-state index contributed by atoms with van der Waals surface area (Å²) in [5.74, 6) is 0.411. The molecule has 16 heavy (non-hydrogen) atoms. The first-order valence-electron chi connectivity index (χ1n) is 5.95. The zero-order valence-corrected chi connectivity index (χ0v) is 9.21. The molecule has 1 fully saturated rings. The Morgan fingerprint density at radius 1 is 1.38 bits per heavy atom. The van der Waals surface area contributed by atoms with Crippen LogP contribution in [0.1, 0.15) is 23.7 Å². The van der Waals surface area contributed by atoms with Gasteiger partial charge in [0.1, 0.15) is 5.82 Å². The van der Waals surface area contributed by atoms with E-state index in [9.17, 15) is 4.39 Å². The molecule has 3 heteroatoms. The number of hydrogen-bond donors (Lipinski definition) is 1. The molecule has 2 aliphatic heterocycles. The largest absolute Gasteiger partial charge is 0.373 e. The second-order valence-electron chi connectivity index (χ2n) is 4.64. The molecule has 86 valence electrons. The molecule has 1 aromatic carbocycles. The highest BCUT2D eigenvalue weighted by Gasteiger charge is 2.30. The summed E-state index contributed by atoms with van der Waals surface area (Å²) in [6, 6.07) is 5.10. The van der Waals surface area contributed by atoms with E-state index in [-0.39, 0.29) is 11.9 Å². The highest BCUT2D eigenvalue weighted by atomic mass is 19.1. The van der Waals surface area contributed by atoms with Gasteiger partial charge >= 0.3 is 0 Å². The van der Waals surface area contributed by atoms with Crippen molar-refractivity contribution in [3.05, 3.63) is 35.1 Å². The van der Waals surface area contributed by atoms with Crippen molar-refractivity contribution in [2.45, 2.75) is 18.9 Å². The molecule has 0 amide bonds. The van der Waals surface area contributed by atoms with Gasteiger partial charge in [0.2, 0.25) is 0 Å². The number of fused-ring (bicyclic) bond motifs is 1. The third-order valence-electron chi connectivity index (χ3n) is 3.61. The molecule has 0 radical (unpaired) electrons. The zero-order valence-electron chi connectivity index (χ0n) is 9.21. The van der Waals surface area contributed by atoms with Gasteiger partial charge in [0.25, 0.3) is 0 Å². The van der Waals surface area contributed by atoms with Crippen molar-refractivity contribution in [2.24, 2.45) is 5.92 Å². The van der Waals surface area contributed by atoms with E-state index < -0.39 is 0 Å². The van der Waals surface area contributed by atoms with Crippen LogP contribution in [0.5, 0.6) is 0 Å². The van der Waals surface area contributed by atoms with E-state index in [0.29, 0.717) is 5.92 Å². The van der Waals surface area contributed by atoms with Gasteiger partial charge in [-0.15, -0.1) is 0 Å². The van der Waals surface area contributed by atoms with E-state index in [4.69, 9.17) is 4.74 Å². The SMILES string of the molecule is Fc1ccc2c(c1)CCO[C@@H]2[C@H]1CCNC1. The number of benzene rings is 1. The predicted octanol–water partition coefficient (Wildman–Crippen LogP) is 2.05. The molecule has 3 rings (SSSR count). The molecule has 0 aliphatic carbocycles. The second kappa shape index (κ2) is 4.15. The molecule has 1 saturated heterocycles. The molecule has 0 unspecified atom stereocenters. The minimum absolute atomic E-state index is 0.135. The second-order valence-corrected chi connectivity index (χ2v) is 4.64. The molecule has 0 bridgehead atoms. The molecule has 0 aromatic heterocycles. The Balaban J connectivity index is 1.93. The van der Waals surface area contributed by atoms with Gasteiger partial charge < -0.3 is 10.1 Å². The van der Waals surface area contributed by atoms with Gasteiger partial charge in [-0.25, -0.2) is 4.39 Å². The van der Waals surface area contributed by atoms with Crippen LogP contribution in [0.2, 0.25) is 0 Å². The molecule has 2 aliphatic rings. The van der Waals surface area contributed by atoms with E-state index in [1.165, 1.54) is 5.56 Å². The predicted molar refractivity (Wildman–Crippen MR) is 59.8 cm³/mol. The number of ether oxygens (including phenoxy) is 1. The van der Waals surface area contributed by atoms with Gasteiger partial charge in [-0.05, 0) is 42.6 Å². The lowest BCUT2D eigenvalue weighted by Gasteiger charge is -2.30. The maximum absolute atomic E-state index is 13.1. The molecule has 1 aromatic rings. The van der Waals surface area contributed by atoms with Crippen LogP contribution >= 0.6 is 0 Å². The minimum atomic E-state index is -0.135. The Hall–Kier alpha value is -0.930. The van der Waals surface area contributed by atoms with Crippen LogP contribution in [0.15, 0.2) is 18.2 Å². The number of hydrogen-bond acceptors (Lipinski definition) is 2. The van der Waals surface area contributed by atoms with E-state index in [0.717, 1.165) is 38.1 Å². The first-order chi connectivity index (χ1) is 7.84. The molecule has 2 nitrogen and oxygen atoms in total. The lowest BCUT2D eigenvalue weighted by atomic mass is 9.89. The summed E-state index contributed by atoms with van der Waals surface area (Å²) < 4.78 is 19.0. The maximum Gasteiger partial charge on any atom is 0.123 e. The van der Waals surface area contributed by atoms with Crippen molar-refractivity contribution in [1.82, 2.24) is 5.32 Å². The quantitative estimate of drug-likeness (QED) is 0.783. The average Bonchev–Trinajstić information content (AvgIpc) is 2.81. The molecule has 1 N–H and O–H groups in total. The number of nitrogens with one attached hydrogen (secondary N) is 1. The highest BCUT2D eigenvalue weighted by molar-refractivity contribution is 5.32. The zero-order chi connectivity index (χ0) is 11.0. The van der Waals surface area contributed by atoms with E-state index in [2.05, 4.69) is 5.32 Å². The lowest BCUT2D eigenvalue weighted by Crippen LogP contribution is -2.25. The standard InChI is InChI=1S/C13H16FNO/c14-11-1-2-12-9(7-11)4-6-16-13(12)10-3-5-15-8-10/h1-2,7,10,13,15H,3-6,8H2/t10-,13+/m0/s1. The Labute approximate surface area is 94.8 Å². The fraction of sp³-hybridized carbons (Fsp3) is 0.538. The minimum Gasteiger partial charge on any atom is -0.373 e. The van der Waals surface area contributed by atoms with E-state index in [1.54, 1.807) is 12.1 Å². The molecular weight excluding hydrogens is 205 g/mol. The van der Waals surface area contributed by atoms with Crippen LogP contribution in [-0.2, 0) is 11.2 Å². The smallest absolute Gasteiger partial charge is 0.123 e. The summed E-state index contributed by atoms with van der Waals surface area (Å²) >= 11 is 0. The van der Waals surface area contributed by atoms with Gasteiger partial charge in [-0.1, -0.05) is 6.07 Å². The van der Waals surface area contributed by atoms with Crippen LogP contribution in [0.4, 0.5) is 4.39 Å². The fourth-order valence-corrected chi connectivity index (χ4v) is 2.78. The lowest BCUT2D eigenvalue weighted by molar-refractivity contribution is 0.00656. The van der Waals surface area contributed by atoms with Crippen molar-refractivity contribution >= 4 is 0 Å². The first-order valence-corrected chi connectivity index (χ1v) is 5.95. The summed E-state index contributed by atoms with van der Waals surface area (Å²) in [5, 5.41) is 3.36. The van der Waals surface area contributed by atoms with Crippen molar-refractivity contribution in [3.63, 3.8) is 0 Å². The maximum atomic E-state index is 13.1. The Bertz CT molecular complexity index is 388. The Morgan fingerprint density at radius 2 is 2.31 bits per heavy atom. The molecule has 0 saturated carbocycles. The molecule has 2 atom stereocenters. The molecule has 2 heterocycles. The monoisotopic (exact) mass is 221 g/mol. The summed E-state index contributed by atoms with van der Waals surface area (Å²) in [6.07, 6.45) is 2.16. The summed E-state index contributed by atoms with van der Waals surface area (Å²) in [4.78, 5) is 0. The van der Waals surface area contributed by atoms with Gasteiger partial charge in [-0.2, -0.15) is 0 Å². The van der Waals surface area contributed by atoms with Crippen molar-refractivity contribution in [2.75, 3.05) is 19.7 Å².